The topological polar surface area (TPSA) is 103 Å². The molecule has 3 aromatic heterocycles. The summed E-state index contributed by atoms with van der Waals surface area (Å²) in [7, 11) is 4.69. The number of fused-ring (bicyclic) bond motifs is 6. The van der Waals surface area contributed by atoms with E-state index in [1.54, 1.807) is 12.4 Å². The number of pyridine rings is 2. The van der Waals surface area contributed by atoms with Crippen molar-refractivity contribution >= 4 is 62.7 Å². The van der Waals surface area contributed by atoms with Crippen molar-refractivity contribution in [2.45, 2.75) is 13.8 Å². The Morgan fingerprint density at radius 2 is 1.00 bits per heavy atom. The summed E-state index contributed by atoms with van der Waals surface area (Å²) in [5, 5.41) is 2.01. The zero-order valence-corrected chi connectivity index (χ0v) is 18.4. The normalized spacial score (nSPS) is 8.86. The van der Waals surface area contributed by atoms with Crippen LogP contribution in [-0.4, -0.2) is 40.3 Å². The van der Waals surface area contributed by atoms with Crippen molar-refractivity contribution < 1.29 is 32.6 Å². The molecule has 0 atom stereocenters. The number of hydrogen-bond acceptors (Lipinski definition) is 7. The molecule has 0 aliphatic heterocycles. The first kappa shape index (κ1) is 25.3. The number of benzene rings is 1. The molecule has 0 aliphatic carbocycles. The van der Waals surface area contributed by atoms with Crippen LogP contribution < -0.4 is 0 Å². The minimum atomic E-state index is 0.883. The number of nitrogens with zero attached hydrogens (tertiary/aromatic N) is 4. The predicted octanol–water partition coefficient (Wildman–Crippen LogP) is 3.21. The molecule has 0 saturated heterocycles. The first-order valence-electron chi connectivity index (χ1n) is 7.37. The number of halogens is 1. The molecule has 0 aliphatic rings. The standard InChI is InChI=1S/C16H12N4.3CHO.ClH.Re/c1-9-10(2)20-16-12-6-4-8-18-14(12)13-11(15(16)19-9)5-3-7-17-13;3*1-2;;/h3-8H,1-2H3;3*1H;1H;/q;3*-1;;+1/p-1. The molecule has 7 nitrogen and oxygen atoms in total. The molecule has 1 aromatic carbocycles. The Hall–Kier alpha value is -2.66. The third kappa shape index (κ3) is 5.20. The number of aromatic nitrogens is 4. The van der Waals surface area contributed by atoms with E-state index in [-0.39, 0.29) is 0 Å². The van der Waals surface area contributed by atoms with Gasteiger partial charge >= 0.3 is 27.7 Å². The van der Waals surface area contributed by atoms with Gasteiger partial charge in [0.15, 0.2) is 0 Å². The first-order chi connectivity index (χ1) is 13.8. The molecular weight excluding hydrogens is 554 g/mol. The van der Waals surface area contributed by atoms with Gasteiger partial charge in [-0.15, -0.1) is 0 Å². The Kier molecular flexibility index (Phi) is 12.2. The molecule has 0 saturated carbocycles. The fraction of sp³-hybridized carbons (Fsp3) is 0.105. The second-order valence-electron chi connectivity index (χ2n) is 4.89. The van der Waals surface area contributed by atoms with Crippen molar-refractivity contribution in [3.63, 3.8) is 0 Å². The van der Waals surface area contributed by atoms with Crippen molar-refractivity contribution in [3.8, 4) is 0 Å². The monoisotopic (exact) mass is 569 g/mol. The van der Waals surface area contributed by atoms with E-state index in [4.69, 9.17) is 33.9 Å². The van der Waals surface area contributed by atoms with Crippen LogP contribution in [-0.2, 0) is 32.6 Å². The van der Waals surface area contributed by atoms with Gasteiger partial charge in [0.05, 0.1) is 33.5 Å². The molecule has 0 amide bonds. The number of aryl methyl sites for hydroxylation is 2. The van der Waals surface area contributed by atoms with Crippen molar-refractivity contribution in [1.82, 2.24) is 19.9 Å². The molecule has 4 rings (SSSR count). The van der Waals surface area contributed by atoms with E-state index in [2.05, 4.69) is 30.3 Å². The molecule has 0 bridgehead atoms. The summed E-state index contributed by atoms with van der Waals surface area (Å²) in [5.41, 5.74) is 5.46. The van der Waals surface area contributed by atoms with Crippen LogP contribution in [0.3, 0.4) is 0 Å². The summed E-state index contributed by atoms with van der Waals surface area (Å²) in [4.78, 5) is 41.7. The van der Waals surface area contributed by atoms with Crippen molar-refractivity contribution in [2.24, 2.45) is 0 Å². The fourth-order valence-electron chi connectivity index (χ4n) is 2.55. The molecule has 9 heteroatoms. The van der Waals surface area contributed by atoms with E-state index in [1.807, 2.05) is 38.1 Å². The van der Waals surface area contributed by atoms with Crippen LogP contribution in [0.1, 0.15) is 11.4 Å². The zero-order valence-electron chi connectivity index (χ0n) is 15.0. The Balaban J connectivity index is 0.000000818. The summed E-state index contributed by atoms with van der Waals surface area (Å²) in [6.07, 6.45) is 3.58. The molecule has 0 N–H and O–H groups in total. The molecular formula is C19H15ClN4O3Re-3. The van der Waals surface area contributed by atoms with Crippen LogP contribution in [0.25, 0.3) is 32.8 Å². The maximum atomic E-state index is 7.75. The van der Waals surface area contributed by atoms with Gasteiger partial charge in [0.2, 0.25) is 0 Å². The summed E-state index contributed by atoms with van der Waals surface area (Å²) in [5.74, 6) is 0. The van der Waals surface area contributed by atoms with Crippen molar-refractivity contribution in [3.05, 3.63) is 48.0 Å². The average molecular weight is 569 g/mol. The van der Waals surface area contributed by atoms with Gasteiger partial charge in [-0.1, -0.05) is 0 Å². The number of hydrogen-bond donors (Lipinski definition) is 0. The quantitative estimate of drug-likeness (QED) is 0.182. The molecule has 0 unspecified atom stereocenters. The van der Waals surface area contributed by atoms with Crippen LogP contribution in [0.5, 0.6) is 0 Å². The molecule has 0 fully saturated rings. The van der Waals surface area contributed by atoms with E-state index < -0.39 is 0 Å². The Morgan fingerprint density at radius 3 is 1.32 bits per heavy atom. The first-order valence-corrected chi connectivity index (χ1v) is 10.7. The second-order valence-corrected chi connectivity index (χ2v) is 4.89. The van der Waals surface area contributed by atoms with Crippen LogP contribution in [0.2, 0.25) is 0 Å². The van der Waals surface area contributed by atoms with Gasteiger partial charge < -0.3 is 14.4 Å². The summed E-state index contributed by atoms with van der Waals surface area (Å²) < 4.78 is 0. The maximum absolute atomic E-state index is 7.75. The molecule has 28 heavy (non-hydrogen) atoms. The summed E-state index contributed by atoms with van der Waals surface area (Å²) in [6.45, 7) is 13.7. The minimum absolute atomic E-state index is 0.883. The van der Waals surface area contributed by atoms with Crippen LogP contribution >= 0.6 is 9.53 Å². The second kappa shape index (κ2) is 13.5. The average Bonchev–Trinajstić information content (AvgIpc) is 2.80. The van der Waals surface area contributed by atoms with Crippen LogP contribution in [0, 0.1) is 13.8 Å². The van der Waals surface area contributed by atoms with Gasteiger partial charge in [-0.3, -0.25) is 30.3 Å². The van der Waals surface area contributed by atoms with Crippen LogP contribution in [0.15, 0.2) is 36.7 Å². The Labute approximate surface area is 176 Å². The van der Waals surface area contributed by atoms with Gasteiger partial charge in [0.1, 0.15) is 0 Å². The van der Waals surface area contributed by atoms with E-state index in [9.17, 15) is 0 Å². The Morgan fingerprint density at radius 1 is 0.679 bits per heavy atom. The third-order valence-electron chi connectivity index (χ3n) is 3.66. The molecule has 146 valence electrons. The number of carbonyl (C=O) groups excluding carboxylic acids is 3. The van der Waals surface area contributed by atoms with Crippen molar-refractivity contribution in [1.29, 1.82) is 0 Å². The van der Waals surface area contributed by atoms with Gasteiger partial charge in [-0.2, -0.15) is 0 Å². The number of rotatable bonds is 0. The molecule has 3 heterocycles. The molecule has 0 spiro atoms. The van der Waals surface area contributed by atoms with Gasteiger partial charge in [0, 0.05) is 23.2 Å². The van der Waals surface area contributed by atoms with Crippen LogP contribution in [0.4, 0.5) is 0 Å². The fourth-order valence-corrected chi connectivity index (χ4v) is 2.55. The summed E-state index contributed by atoms with van der Waals surface area (Å²) in [6, 6.07) is 7.91. The molecule has 4 aromatic rings. The van der Waals surface area contributed by atoms with E-state index in [0.717, 1.165) is 44.2 Å². The predicted molar refractivity (Wildman–Crippen MR) is 106 cm³/mol. The third-order valence-corrected chi connectivity index (χ3v) is 3.66. The summed E-state index contributed by atoms with van der Waals surface area (Å²) >= 11 is 1.19. The molecule has 0 radical (unpaired) electrons. The van der Waals surface area contributed by atoms with E-state index in [1.165, 1.54) is 18.2 Å². The zero-order chi connectivity index (χ0) is 21.7. The van der Waals surface area contributed by atoms with Gasteiger partial charge in [-0.05, 0) is 38.1 Å². The van der Waals surface area contributed by atoms with Gasteiger partial charge in [0.25, 0.3) is 0 Å². The van der Waals surface area contributed by atoms with Gasteiger partial charge in [-0.25, -0.2) is 9.97 Å². The Bertz CT molecular complexity index is 965. The van der Waals surface area contributed by atoms with E-state index >= 15 is 0 Å². The SMILES string of the molecule is Cc1nc2c3cccnc3c3ncccc3c2nc1C.[CH-]=O.[CH-]=O.[CH-]=O.[Cl][Re]. The van der Waals surface area contributed by atoms with Crippen molar-refractivity contribution in [2.75, 3.05) is 0 Å². The van der Waals surface area contributed by atoms with E-state index in [0.29, 0.717) is 0 Å².